The molecule has 0 bridgehead atoms. The summed E-state index contributed by atoms with van der Waals surface area (Å²) in [6.07, 6.45) is 6.14. The van der Waals surface area contributed by atoms with Crippen LogP contribution in [-0.2, 0) is 4.74 Å². The predicted octanol–water partition coefficient (Wildman–Crippen LogP) is 2.78. The Morgan fingerprint density at radius 3 is 2.63 bits per heavy atom. The Hall–Kier alpha value is -0.0400. The molecule has 19 heavy (non-hydrogen) atoms. The number of aliphatic imine (C=N–C) groups is 1. The molecule has 0 radical (unpaired) electrons. The maximum Gasteiger partial charge on any atom is 0.191 e. The van der Waals surface area contributed by atoms with Crippen LogP contribution in [0.5, 0.6) is 0 Å². The fourth-order valence-corrected chi connectivity index (χ4v) is 1.62. The van der Waals surface area contributed by atoms with Crippen LogP contribution in [0.15, 0.2) is 4.99 Å². The molecule has 1 aliphatic carbocycles. The number of hydrogen-bond acceptors (Lipinski definition) is 2. The first-order valence-corrected chi connectivity index (χ1v) is 7.46. The van der Waals surface area contributed by atoms with E-state index in [9.17, 15) is 0 Å². The lowest BCUT2D eigenvalue weighted by Crippen LogP contribution is -2.37. The molecule has 0 aliphatic heterocycles. The molecule has 0 aromatic carbocycles. The quantitative estimate of drug-likeness (QED) is 0.264. The first-order valence-electron chi connectivity index (χ1n) is 7.46. The highest BCUT2D eigenvalue weighted by Gasteiger charge is 2.20. The standard InChI is InChI=1S/C14H29N3O.HI/c1-3-5-9-16-14(15-4-2)17-10-6-11-18-12-13-7-8-13;/h13H,3-12H2,1-2H3,(H2,15,16,17);1H. The van der Waals surface area contributed by atoms with Gasteiger partial charge in [-0.25, -0.2) is 0 Å². The molecule has 1 fully saturated rings. The van der Waals surface area contributed by atoms with Crippen molar-refractivity contribution < 1.29 is 4.74 Å². The lowest BCUT2D eigenvalue weighted by molar-refractivity contribution is 0.123. The second-order valence-corrected chi connectivity index (χ2v) is 4.91. The Bertz CT molecular complexity index is 233. The van der Waals surface area contributed by atoms with Gasteiger partial charge in [0.05, 0.1) is 0 Å². The number of rotatable bonds is 10. The van der Waals surface area contributed by atoms with E-state index in [-0.39, 0.29) is 24.0 Å². The van der Waals surface area contributed by atoms with Crippen LogP contribution in [0.4, 0.5) is 0 Å². The van der Waals surface area contributed by atoms with Crippen LogP contribution in [0, 0.1) is 5.92 Å². The van der Waals surface area contributed by atoms with E-state index in [0.717, 1.165) is 51.1 Å². The van der Waals surface area contributed by atoms with Crippen LogP contribution >= 0.6 is 24.0 Å². The van der Waals surface area contributed by atoms with Crippen LogP contribution in [0.1, 0.15) is 46.0 Å². The minimum atomic E-state index is 0. The van der Waals surface area contributed by atoms with E-state index in [1.807, 2.05) is 0 Å². The second-order valence-electron chi connectivity index (χ2n) is 4.91. The van der Waals surface area contributed by atoms with Crippen molar-refractivity contribution in [2.75, 3.05) is 32.8 Å². The third kappa shape index (κ3) is 11.5. The number of hydrogen-bond donors (Lipinski definition) is 2. The van der Waals surface area contributed by atoms with E-state index >= 15 is 0 Å². The Morgan fingerprint density at radius 1 is 1.21 bits per heavy atom. The van der Waals surface area contributed by atoms with Gasteiger partial charge in [-0.3, -0.25) is 4.99 Å². The SMILES string of the molecule is CCCCNC(=NCCCOCC1CC1)NCC.I. The molecule has 4 nitrogen and oxygen atoms in total. The van der Waals surface area contributed by atoms with E-state index in [0.29, 0.717) is 0 Å². The van der Waals surface area contributed by atoms with Gasteiger partial charge in [0.2, 0.25) is 0 Å². The summed E-state index contributed by atoms with van der Waals surface area (Å²) < 4.78 is 5.59. The summed E-state index contributed by atoms with van der Waals surface area (Å²) in [6, 6.07) is 0. The van der Waals surface area contributed by atoms with E-state index in [2.05, 4.69) is 29.5 Å². The van der Waals surface area contributed by atoms with Gasteiger partial charge in [0.15, 0.2) is 5.96 Å². The maximum absolute atomic E-state index is 5.59. The smallest absolute Gasteiger partial charge is 0.191 e. The first kappa shape index (κ1) is 19.0. The molecular weight excluding hydrogens is 353 g/mol. The third-order valence-corrected chi connectivity index (χ3v) is 2.93. The van der Waals surface area contributed by atoms with Crippen molar-refractivity contribution in [1.29, 1.82) is 0 Å². The van der Waals surface area contributed by atoms with Crippen molar-refractivity contribution in [3.63, 3.8) is 0 Å². The molecule has 0 aromatic rings. The van der Waals surface area contributed by atoms with Crippen molar-refractivity contribution in [3.05, 3.63) is 0 Å². The molecule has 1 aliphatic rings. The minimum Gasteiger partial charge on any atom is -0.381 e. The molecule has 0 atom stereocenters. The van der Waals surface area contributed by atoms with Crippen molar-refractivity contribution in [2.45, 2.75) is 46.0 Å². The molecule has 0 unspecified atom stereocenters. The van der Waals surface area contributed by atoms with Gasteiger partial charge in [0, 0.05) is 32.8 Å². The summed E-state index contributed by atoms with van der Waals surface area (Å²) in [5, 5.41) is 6.60. The molecule has 0 amide bonds. The first-order chi connectivity index (χ1) is 8.86. The van der Waals surface area contributed by atoms with E-state index < -0.39 is 0 Å². The lowest BCUT2D eigenvalue weighted by Gasteiger charge is -2.10. The van der Waals surface area contributed by atoms with E-state index in [1.165, 1.54) is 25.7 Å². The lowest BCUT2D eigenvalue weighted by atomic mass is 10.3. The summed E-state index contributed by atoms with van der Waals surface area (Å²) in [4.78, 5) is 4.53. The number of nitrogens with zero attached hydrogens (tertiary/aromatic N) is 1. The molecule has 5 heteroatoms. The molecular formula is C14H30IN3O. The predicted molar refractivity (Wildman–Crippen MR) is 92.5 cm³/mol. The summed E-state index contributed by atoms with van der Waals surface area (Å²) in [5.74, 6) is 1.80. The van der Waals surface area contributed by atoms with Gasteiger partial charge in [-0.2, -0.15) is 0 Å². The zero-order chi connectivity index (χ0) is 13.1. The van der Waals surface area contributed by atoms with Crippen molar-refractivity contribution in [1.82, 2.24) is 10.6 Å². The van der Waals surface area contributed by atoms with Gasteiger partial charge in [-0.15, -0.1) is 24.0 Å². The van der Waals surface area contributed by atoms with Crippen LogP contribution in [0.3, 0.4) is 0 Å². The number of unbranched alkanes of at least 4 members (excludes halogenated alkanes) is 1. The van der Waals surface area contributed by atoms with Crippen LogP contribution < -0.4 is 10.6 Å². The number of nitrogens with one attached hydrogen (secondary N) is 2. The van der Waals surface area contributed by atoms with Gasteiger partial charge >= 0.3 is 0 Å². The highest BCUT2D eigenvalue weighted by Crippen LogP contribution is 2.28. The third-order valence-electron chi connectivity index (χ3n) is 2.93. The Labute approximate surface area is 135 Å². The van der Waals surface area contributed by atoms with Crippen LogP contribution in [0.2, 0.25) is 0 Å². The number of guanidine groups is 1. The van der Waals surface area contributed by atoms with Gasteiger partial charge in [-0.05, 0) is 38.5 Å². The van der Waals surface area contributed by atoms with Crippen molar-refractivity contribution in [2.24, 2.45) is 10.9 Å². The van der Waals surface area contributed by atoms with Crippen LogP contribution in [-0.4, -0.2) is 38.8 Å². The van der Waals surface area contributed by atoms with Gasteiger partial charge in [0.1, 0.15) is 0 Å². The topological polar surface area (TPSA) is 45.7 Å². The molecule has 1 saturated carbocycles. The summed E-state index contributed by atoms with van der Waals surface area (Å²) in [6.45, 7) is 8.84. The Kier molecular flexibility index (Phi) is 12.9. The molecule has 2 N–H and O–H groups in total. The average molecular weight is 383 g/mol. The summed E-state index contributed by atoms with van der Waals surface area (Å²) >= 11 is 0. The normalized spacial score (nSPS) is 14.9. The summed E-state index contributed by atoms with van der Waals surface area (Å²) in [7, 11) is 0. The monoisotopic (exact) mass is 383 g/mol. The van der Waals surface area contributed by atoms with Crippen molar-refractivity contribution in [3.8, 4) is 0 Å². The Balaban J connectivity index is 0.00000324. The fourth-order valence-electron chi connectivity index (χ4n) is 1.62. The van der Waals surface area contributed by atoms with Gasteiger partial charge < -0.3 is 15.4 Å². The molecule has 0 spiro atoms. The van der Waals surface area contributed by atoms with Gasteiger partial charge in [0.25, 0.3) is 0 Å². The van der Waals surface area contributed by atoms with Gasteiger partial charge in [-0.1, -0.05) is 13.3 Å². The number of halogens is 1. The highest BCUT2D eigenvalue weighted by atomic mass is 127. The zero-order valence-electron chi connectivity index (χ0n) is 12.4. The zero-order valence-corrected chi connectivity index (χ0v) is 14.7. The van der Waals surface area contributed by atoms with Crippen molar-refractivity contribution >= 4 is 29.9 Å². The van der Waals surface area contributed by atoms with Crippen LogP contribution in [0.25, 0.3) is 0 Å². The largest absolute Gasteiger partial charge is 0.381 e. The van der Waals surface area contributed by atoms with E-state index in [1.54, 1.807) is 0 Å². The maximum atomic E-state index is 5.59. The summed E-state index contributed by atoms with van der Waals surface area (Å²) in [5.41, 5.74) is 0. The fraction of sp³-hybridized carbons (Fsp3) is 0.929. The number of ether oxygens (including phenoxy) is 1. The highest BCUT2D eigenvalue weighted by molar-refractivity contribution is 14.0. The van der Waals surface area contributed by atoms with E-state index in [4.69, 9.17) is 4.74 Å². The molecule has 0 heterocycles. The second kappa shape index (κ2) is 13.0. The Morgan fingerprint density at radius 2 is 2.00 bits per heavy atom. The minimum absolute atomic E-state index is 0. The molecule has 114 valence electrons. The molecule has 1 rings (SSSR count). The molecule has 0 saturated heterocycles. The average Bonchev–Trinajstić information content (AvgIpc) is 3.17. The molecule has 0 aromatic heterocycles.